The summed E-state index contributed by atoms with van der Waals surface area (Å²) in [6, 6.07) is 11.5. The number of aryl methyl sites for hydroxylation is 1. The minimum absolute atomic E-state index is 0.0317. The number of hydrogen-bond donors (Lipinski definition) is 1. The highest BCUT2D eigenvalue weighted by Gasteiger charge is 2.37. The summed E-state index contributed by atoms with van der Waals surface area (Å²) in [5.41, 5.74) is 5.96. The zero-order valence-corrected chi connectivity index (χ0v) is 22.9. The predicted octanol–water partition coefficient (Wildman–Crippen LogP) is 7.04. The standard InChI is InChI=1S/C30H38ClN3O2/c1-19(2)15-28(36)29-21(4)32-26-17-23(18-33-13-7-6-8-14-33)10-12-27(26)34(22(5)35)30(29)24-11-9-20(3)16-25(24)31/h9-12,16-17,19,30,32H,6-8,13-15,18H2,1-5H3. The van der Waals surface area contributed by atoms with Gasteiger partial charge in [-0.05, 0) is 80.6 Å². The van der Waals surface area contributed by atoms with Gasteiger partial charge in [-0.25, -0.2) is 0 Å². The van der Waals surface area contributed by atoms with E-state index in [1.165, 1.54) is 24.8 Å². The van der Waals surface area contributed by atoms with Crippen LogP contribution in [0.3, 0.4) is 0 Å². The van der Waals surface area contributed by atoms with Crippen molar-refractivity contribution in [3.8, 4) is 0 Å². The van der Waals surface area contributed by atoms with Gasteiger partial charge in [-0.2, -0.15) is 0 Å². The Labute approximate surface area is 220 Å². The Morgan fingerprint density at radius 2 is 1.78 bits per heavy atom. The third-order valence-corrected chi connectivity index (χ3v) is 7.44. The van der Waals surface area contributed by atoms with Gasteiger partial charge < -0.3 is 5.32 Å². The number of fused-ring (bicyclic) bond motifs is 1. The molecule has 6 heteroatoms. The van der Waals surface area contributed by atoms with Gasteiger partial charge in [0.05, 0.1) is 17.4 Å². The van der Waals surface area contributed by atoms with Gasteiger partial charge in [-0.1, -0.05) is 50.1 Å². The van der Waals surface area contributed by atoms with Crippen LogP contribution in [0.25, 0.3) is 0 Å². The van der Waals surface area contributed by atoms with Gasteiger partial charge in [0, 0.05) is 36.2 Å². The zero-order chi connectivity index (χ0) is 26.0. The van der Waals surface area contributed by atoms with Gasteiger partial charge in [-0.3, -0.25) is 19.4 Å². The smallest absolute Gasteiger partial charge is 0.224 e. The summed E-state index contributed by atoms with van der Waals surface area (Å²) >= 11 is 6.77. The first-order chi connectivity index (χ1) is 17.2. The largest absolute Gasteiger partial charge is 0.357 e. The summed E-state index contributed by atoms with van der Waals surface area (Å²) in [6.07, 6.45) is 4.18. The molecule has 2 aliphatic rings. The minimum Gasteiger partial charge on any atom is -0.357 e. The van der Waals surface area contributed by atoms with Crippen molar-refractivity contribution in [3.05, 3.63) is 69.4 Å². The van der Waals surface area contributed by atoms with Crippen LogP contribution in [0.5, 0.6) is 0 Å². The average Bonchev–Trinajstić information content (AvgIpc) is 2.92. The summed E-state index contributed by atoms with van der Waals surface area (Å²) in [7, 11) is 0. The third-order valence-electron chi connectivity index (χ3n) is 7.12. The summed E-state index contributed by atoms with van der Waals surface area (Å²) in [5, 5.41) is 4.08. The van der Waals surface area contributed by atoms with Crippen LogP contribution in [0.4, 0.5) is 11.4 Å². The fraction of sp³-hybridized carbons (Fsp3) is 0.467. The molecule has 1 N–H and O–H groups in total. The summed E-state index contributed by atoms with van der Waals surface area (Å²) in [6.45, 7) is 12.7. The molecule has 2 aliphatic heterocycles. The van der Waals surface area contributed by atoms with E-state index in [4.69, 9.17) is 11.6 Å². The van der Waals surface area contributed by atoms with Crippen LogP contribution >= 0.6 is 11.6 Å². The number of carbonyl (C=O) groups is 2. The Hall–Kier alpha value is -2.63. The normalized spacial score (nSPS) is 18.6. The predicted molar refractivity (Wildman–Crippen MR) is 148 cm³/mol. The number of rotatable bonds is 6. The fourth-order valence-electron chi connectivity index (χ4n) is 5.45. The number of amides is 1. The molecule has 36 heavy (non-hydrogen) atoms. The second-order valence-corrected chi connectivity index (χ2v) is 11.1. The number of nitrogens with one attached hydrogen (secondary N) is 1. The molecule has 0 aromatic heterocycles. The van der Waals surface area contributed by atoms with Gasteiger partial charge >= 0.3 is 0 Å². The lowest BCUT2D eigenvalue weighted by molar-refractivity contribution is -0.117. The first-order valence-electron chi connectivity index (χ1n) is 13.1. The molecule has 2 heterocycles. The highest BCUT2D eigenvalue weighted by Crippen LogP contribution is 2.45. The first kappa shape index (κ1) is 26.4. The molecule has 192 valence electrons. The number of benzene rings is 2. The lowest BCUT2D eigenvalue weighted by atomic mass is 9.88. The van der Waals surface area contributed by atoms with E-state index in [9.17, 15) is 9.59 Å². The van der Waals surface area contributed by atoms with Gasteiger partial charge in [0.15, 0.2) is 5.78 Å². The number of Topliss-reactive ketones (excluding diaryl/α,β-unsaturated/α-hetero) is 1. The molecule has 1 amide bonds. The van der Waals surface area contributed by atoms with E-state index in [1.54, 1.807) is 11.8 Å². The molecule has 0 aliphatic carbocycles. The van der Waals surface area contributed by atoms with E-state index >= 15 is 0 Å². The molecule has 0 saturated carbocycles. The van der Waals surface area contributed by atoms with Crippen LogP contribution in [0.1, 0.15) is 76.1 Å². The average molecular weight is 508 g/mol. The van der Waals surface area contributed by atoms with Gasteiger partial charge in [-0.15, -0.1) is 0 Å². The van der Waals surface area contributed by atoms with Crippen LogP contribution in [0.15, 0.2) is 47.7 Å². The van der Waals surface area contributed by atoms with Crippen molar-refractivity contribution in [2.45, 2.75) is 72.9 Å². The Bertz CT molecular complexity index is 1180. The topological polar surface area (TPSA) is 52.7 Å². The van der Waals surface area contributed by atoms with Gasteiger partial charge in [0.2, 0.25) is 5.91 Å². The highest BCUT2D eigenvalue weighted by atomic mass is 35.5. The summed E-state index contributed by atoms with van der Waals surface area (Å²) < 4.78 is 0. The van der Waals surface area contributed by atoms with E-state index in [2.05, 4.69) is 22.3 Å². The van der Waals surface area contributed by atoms with Crippen molar-refractivity contribution < 1.29 is 9.59 Å². The van der Waals surface area contributed by atoms with E-state index < -0.39 is 6.04 Å². The number of anilines is 2. The molecule has 1 atom stereocenters. The van der Waals surface area contributed by atoms with Gasteiger partial charge in [0.25, 0.3) is 0 Å². The second-order valence-electron chi connectivity index (χ2n) is 10.7. The molecule has 0 bridgehead atoms. The Morgan fingerprint density at radius 1 is 1.06 bits per heavy atom. The lowest BCUT2D eigenvalue weighted by Gasteiger charge is -2.33. The Kier molecular flexibility index (Phi) is 8.21. The van der Waals surface area contributed by atoms with E-state index in [1.807, 2.05) is 52.0 Å². The fourth-order valence-corrected chi connectivity index (χ4v) is 5.79. The number of allylic oxidation sites excluding steroid dienone is 1. The molecule has 0 radical (unpaired) electrons. The van der Waals surface area contributed by atoms with Crippen LogP contribution in [0.2, 0.25) is 5.02 Å². The molecular weight excluding hydrogens is 470 g/mol. The van der Waals surface area contributed by atoms with E-state index in [0.717, 1.165) is 47.8 Å². The number of piperidine rings is 1. The van der Waals surface area contributed by atoms with Crippen LogP contribution in [-0.2, 0) is 16.1 Å². The minimum atomic E-state index is -0.608. The SMILES string of the molecule is CC(=O)N1c2ccc(CN3CCCCC3)cc2NC(C)=C(C(=O)CC(C)C)C1c1ccc(C)cc1Cl. The quantitative estimate of drug-likeness (QED) is 0.455. The Balaban J connectivity index is 1.86. The maximum absolute atomic E-state index is 13.7. The van der Waals surface area contributed by atoms with E-state index in [-0.39, 0.29) is 17.6 Å². The van der Waals surface area contributed by atoms with Crippen molar-refractivity contribution in [3.63, 3.8) is 0 Å². The van der Waals surface area contributed by atoms with Crippen molar-refractivity contribution in [2.75, 3.05) is 23.3 Å². The van der Waals surface area contributed by atoms with Crippen molar-refractivity contribution in [1.29, 1.82) is 0 Å². The van der Waals surface area contributed by atoms with Crippen molar-refractivity contribution in [2.24, 2.45) is 5.92 Å². The van der Waals surface area contributed by atoms with Crippen molar-refractivity contribution >= 4 is 34.7 Å². The molecule has 1 fully saturated rings. The van der Waals surface area contributed by atoms with Gasteiger partial charge in [0.1, 0.15) is 0 Å². The Morgan fingerprint density at radius 3 is 2.42 bits per heavy atom. The molecule has 1 unspecified atom stereocenters. The number of halogens is 1. The monoisotopic (exact) mass is 507 g/mol. The maximum Gasteiger partial charge on any atom is 0.224 e. The van der Waals surface area contributed by atoms with Crippen molar-refractivity contribution in [1.82, 2.24) is 4.90 Å². The maximum atomic E-state index is 13.7. The van der Waals surface area contributed by atoms with Crippen LogP contribution in [0, 0.1) is 12.8 Å². The molecule has 5 nitrogen and oxygen atoms in total. The number of ketones is 1. The number of nitrogens with zero attached hydrogens (tertiary/aromatic N) is 2. The van der Waals surface area contributed by atoms with Crippen LogP contribution < -0.4 is 10.2 Å². The lowest BCUT2D eigenvalue weighted by Crippen LogP contribution is -2.36. The first-order valence-corrected chi connectivity index (χ1v) is 13.5. The summed E-state index contributed by atoms with van der Waals surface area (Å²) in [4.78, 5) is 31.2. The molecule has 4 rings (SSSR count). The summed E-state index contributed by atoms with van der Waals surface area (Å²) in [5.74, 6) is 0.0942. The number of carbonyl (C=O) groups excluding carboxylic acids is 2. The number of hydrogen-bond acceptors (Lipinski definition) is 4. The number of likely N-dealkylation sites (tertiary alicyclic amines) is 1. The van der Waals surface area contributed by atoms with E-state index in [0.29, 0.717) is 17.0 Å². The molecule has 2 aromatic rings. The molecule has 2 aromatic carbocycles. The second kappa shape index (κ2) is 11.2. The third kappa shape index (κ3) is 5.68. The molecular formula is C30H38ClN3O2. The molecule has 0 spiro atoms. The molecule has 1 saturated heterocycles. The zero-order valence-electron chi connectivity index (χ0n) is 22.2. The highest BCUT2D eigenvalue weighted by molar-refractivity contribution is 6.31. The van der Waals surface area contributed by atoms with Crippen LogP contribution in [-0.4, -0.2) is 29.7 Å².